The second-order valence-electron chi connectivity index (χ2n) is 7.30. The summed E-state index contributed by atoms with van der Waals surface area (Å²) in [5.74, 6) is -1.75. The number of esters is 1. The van der Waals surface area contributed by atoms with Crippen LogP contribution in [0.1, 0.15) is 24.2 Å². The summed E-state index contributed by atoms with van der Waals surface area (Å²) in [5.41, 5.74) is -1.02. The lowest BCUT2D eigenvalue weighted by Gasteiger charge is -2.41. The summed E-state index contributed by atoms with van der Waals surface area (Å²) in [4.78, 5) is 61.6. The van der Waals surface area contributed by atoms with Crippen molar-refractivity contribution in [3.05, 3.63) is 40.2 Å². The van der Waals surface area contributed by atoms with Crippen LogP contribution in [0.15, 0.2) is 33.5 Å². The molecule has 1 aromatic carbocycles. The Hall–Kier alpha value is -3.34. The van der Waals surface area contributed by atoms with Crippen LogP contribution in [-0.2, 0) is 14.4 Å². The molecule has 3 atom stereocenters. The molecule has 0 radical (unpaired) electrons. The van der Waals surface area contributed by atoms with Crippen LogP contribution < -0.4 is 21.0 Å². The third-order valence-electron chi connectivity index (χ3n) is 4.91. The number of hydrogen-bond acceptors (Lipinski definition) is 8. The molecule has 2 N–H and O–H groups in total. The van der Waals surface area contributed by atoms with Gasteiger partial charge in [-0.3, -0.25) is 19.2 Å². The Morgan fingerprint density at radius 2 is 2.03 bits per heavy atom. The zero-order chi connectivity index (χ0) is 22.3. The van der Waals surface area contributed by atoms with Crippen molar-refractivity contribution in [1.82, 2.24) is 15.5 Å². The lowest BCUT2D eigenvalue weighted by atomic mass is 10.1. The predicted octanol–water partition coefficient (Wildman–Crippen LogP) is 0.236. The first-order chi connectivity index (χ1) is 14.7. The maximum Gasteiger partial charge on any atom is 0.349 e. The van der Waals surface area contributed by atoms with Crippen molar-refractivity contribution in [2.45, 2.75) is 30.5 Å². The molecule has 0 spiro atoms. The van der Waals surface area contributed by atoms with Crippen LogP contribution in [-0.4, -0.2) is 58.3 Å². The lowest BCUT2D eigenvalue weighted by molar-refractivity contribution is -0.147. The molecule has 31 heavy (non-hydrogen) atoms. The van der Waals surface area contributed by atoms with Gasteiger partial charge in [0.15, 0.2) is 0 Å². The van der Waals surface area contributed by atoms with E-state index in [1.54, 1.807) is 16.7 Å². The smallest absolute Gasteiger partial charge is 0.349 e. The highest BCUT2D eigenvalue weighted by molar-refractivity contribution is 8.00. The Balaban J connectivity index is 1.38. The van der Waals surface area contributed by atoms with Gasteiger partial charge in [0.2, 0.25) is 11.8 Å². The molecule has 2 aliphatic heterocycles. The number of amides is 3. The summed E-state index contributed by atoms with van der Waals surface area (Å²) in [6.07, 6.45) is 0. The monoisotopic (exact) mass is 445 g/mol. The SMILES string of the molecule is CC(=O)Oc1ccc2cc(C(=O)NCC(=O)NC3C(=O)N4CC(C)SC34)c(=O)oc2c1. The molecule has 1 aromatic heterocycles. The van der Waals surface area contributed by atoms with E-state index in [2.05, 4.69) is 10.6 Å². The fourth-order valence-corrected chi connectivity index (χ4v) is 4.92. The zero-order valence-corrected chi connectivity index (χ0v) is 17.5. The summed E-state index contributed by atoms with van der Waals surface area (Å²) in [5, 5.41) is 5.67. The molecule has 2 aliphatic rings. The van der Waals surface area contributed by atoms with E-state index < -0.39 is 36.0 Å². The standard InChI is InChI=1S/C20H19N3O7S/c1-9-8-23-18(27)16(19(23)31-9)22-15(25)7-21-17(26)13-5-11-3-4-12(29-10(2)24)6-14(11)30-20(13)28/h3-6,9,16,19H,7-8H2,1-2H3,(H,21,26)(H,22,25). The van der Waals surface area contributed by atoms with Crippen LogP contribution in [0, 0.1) is 0 Å². The van der Waals surface area contributed by atoms with Crippen molar-refractivity contribution >= 4 is 46.4 Å². The van der Waals surface area contributed by atoms with Crippen LogP contribution in [0.4, 0.5) is 0 Å². The maximum atomic E-state index is 12.4. The number of carbonyl (C=O) groups is 4. The minimum absolute atomic E-state index is 0.0773. The van der Waals surface area contributed by atoms with Crippen molar-refractivity contribution in [1.29, 1.82) is 0 Å². The predicted molar refractivity (Wildman–Crippen MR) is 111 cm³/mol. The summed E-state index contributed by atoms with van der Waals surface area (Å²) in [7, 11) is 0. The minimum Gasteiger partial charge on any atom is -0.427 e. The Kier molecular flexibility index (Phi) is 5.44. The van der Waals surface area contributed by atoms with E-state index in [9.17, 15) is 24.0 Å². The number of nitrogens with zero attached hydrogens (tertiary/aromatic N) is 1. The molecule has 2 fully saturated rings. The second-order valence-corrected chi connectivity index (χ2v) is 8.86. The molecule has 3 heterocycles. The van der Waals surface area contributed by atoms with Crippen molar-refractivity contribution < 1.29 is 28.3 Å². The first-order valence-corrected chi connectivity index (χ1v) is 10.5. The van der Waals surface area contributed by atoms with Crippen LogP contribution in [0.2, 0.25) is 0 Å². The molecule has 11 heteroatoms. The normalized spacial score (nSPS) is 21.9. The summed E-state index contributed by atoms with van der Waals surface area (Å²) < 4.78 is 10.1. The van der Waals surface area contributed by atoms with Crippen LogP contribution in [0.3, 0.4) is 0 Å². The van der Waals surface area contributed by atoms with Gasteiger partial charge in [0.25, 0.3) is 5.91 Å². The number of thioether (sulfide) groups is 1. The lowest BCUT2D eigenvalue weighted by Crippen LogP contribution is -2.67. The van der Waals surface area contributed by atoms with Crippen molar-refractivity contribution in [3.8, 4) is 5.75 Å². The first kappa shape index (κ1) is 20.9. The molecular weight excluding hydrogens is 426 g/mol. The number of β-lactam (4-membered cyclic amide) rings is 1. The van der Waals surface area contributed by atoms with Gasteiger partial charge in [0.1, 0.15) is 28.3 Å². The largest absolute Gasteiger partial charge is 0.427 e. The van der Waals surface area contributed by atoms with Crippen LogP contribution in [0.25, 0.3) is 11.0 Å². The number of carbonyl (C=O) groups excluding carboxylic acids is 4. The van der Waals surface area contributed by atoms with E-state index in [4.69, 9.17) is 9.15 Å². The Labute approximate surface area is 180 Å². The Morgan fingerprint density at radius 3 is 2.77 bits per heavy atom. The van der Waals surface area contributed by atoms with Crippen molar-refractivity contribution in [3.63, 3.8) is 0 Å². The molecule has 0 saturated carbocycles. The first-order valence-electron chi connectivity index (χ1n) is 9.53. The van der Waals surface area contributed by atoms with Crippen molar-refractivity contribution in [2.24, 2.45) is 0 Å². The number of rotatable bonds is 5. The molecule has 0 bridgehead atoms. The average Bonchev–Trinajstić information content (AvgIpc) is 3.06. The minimum atomic E-state index is -0.897. The summed E-state index contributed by atoms with van der Waals surface area (Å²) in [6.45, 7) is 3.53. The molecule has 2 saturated heterocycles. The van der Waals surface area contributed by atoms with E-state index in [1.807, 2.05) is 6.92 Å². The van der Waals surface area contributed by atoms with Crippen molar-refractivity contribution in [2.75, 3.05) is 13.1 Å². The molecule has 3 amide bonds. The van der Waals surface area contributed by atoms with Gasteiger partial charge >= 0.3 is 11.6 Å². The Morgan fingerprint density at radius 1 is 1.26 bits per heavy atom. The second kappa shape index (κ2) is 8.06. The third-order valence-corrected chi connectivity index (χ3v) is 6.33. The molecule has 3 unspecified atom stereocenters. The Bertz CT molecular complexity index is 1160. The van der Waals surface area contributed by atoms with Gasteiger partial charge in [-0.15, -0.1) is 11.8 Å². The molecule has 10 nitrogen and oxygen atoms in total. The van der Waals surface area contributed by atoms with Gasteiger partial charge < -0.3 is 24.7 Å². The van der Waals surface area contributed by atoms with Gasteiger partial charge in [-0.1, -0.05) is 6.92 Å². The molecule has 2 aromatic rings. The average molecular weight is 445 g/mol. The van der Waals surface area contributed by atoms with Gasteiger partial charge in [0.05, 0.1) is 6.54 Å². The quantitative estimate of drug-likeness (QED) is 0.289. The number of hydrogen-bond donors (Lipinski definition) is 2. The highest BCUT2D eigenvalue weighted by Gasteiger charge is 2.53. The maximum absolute atomic E-state index is 12.4. The van der Waals surface area contributed by atoms with Crippen LogP contribution >= 0.6 is 11.8 Å². The van der Waals surface area contributed by atoms with E-state index in [-0.39, 0.29) is 28.2 Å². The number of ether oxygens (including phenoxy) is 1. The van der Waals surface area contributed by atoms with E-state index in [0.717, 1.165) is 0 Å². The zero-order valence-electron chi connectivity index (χ0n) is 16.7. The fraction of sp³-hybridized carbons (Fsp3) is 0.350. The summed E-state index contributed by atoms with van der Waals surface area (Å²) in [6, 6.07) is 5.13. The van der Waals surface area contributed by atoms with Gasteiger partial charge in [0, 0.05) is 30.2 Å². The molecule has 0 aliphatic carbocycles. The van der Waals surface area contributed by atoms with Gasteiger partial charge in [-0.25, -0.2) is 4.79 Å². The molecular formula is C20H19N3O7S. The van der Waals surface area contributed by atoms with E-state index in [1.165, 1.54) is 31.2 Å². The van der Waals surface area contributed by atoms with E-state index >= 15 is 0 Å². The van der Waals surface area contributed by atoms with E-state index in [0.29, 0.717) is 17.2 Å². The third kappa shape index (κ3) is 4.13. The number of fused-ring (bicyclic) bond motifs is 2. The topological polar surface area (TPSA) is 135 Å². The van der Waals surface area contributed by atoms with Crippen LogP contribution in [0.5, 0.6) is 5.75 Å². The fourth-order valence-electron chi connectivity index (χ4n) is 3.52. The van der Waals surface area contributed by atoms with Gasteiger partial charge in [-0.05, 0) is 18.2 Å². The highest BCUT2D eigenvalue weighted by Crippen LogP contribution is 2.39. The molecule has 4 rings (SSSR count). The highest BCUT2D eigenvalue weighted by atomic mass is 32.2. The number of nitrogens with one attached hydrogen (secondary N) is 2. The number of benzene rings is 1. The molecule has 162 valence electrons. The van der Waals surface area contributed by atoms with Gasteiger partial charge in [-0.2, -0.15) is 0 Å². The summed E-state index contributed by atoms with van der Waals surface area (Å²) >= 11 is 1.62.